The lowest BCUT2D eigenvalue weighted by molar-refractivity contribution is 0.0530. The van der Waals surface area contributed by atoms with Crippen LogP contribution in [0.1, 0.15) is 25.8 Å². The van der Waals surface area contributed by atoms with Crippen molar-refractivity contribution in [3.05, 3.63) is 29.8 Å². The normalized spacial score (nSPS) is 15.4. The van der Waals surface area contributed by atoms with Crippen molar-refractivity contribution in [1.82, 2.24) is 0 Å². The summed E-state index contributed by atoms with van der Waals surface area (Å²) in [6.07, 6.45) is 2.79. The minimum Gasteiger partial charge on any atom is -0.385 e. The molecule has 0 heterocycles. The molecule has 0 spiro atoms. The van der Waals surface area contributed by atoms with Gasteiger partial charge in [-0.1, -0.05) is 19.1 Å². The minimum atomic E-state index is -0.684. The van der Waals surface area contributed by atoms with E-state index in [9.17, 15) is 5.11 Å². The van der Waals surface area contributed by atoms with Gasteiger partial charge in [-0.2, -0.15) is 0 Å². The van der Waals surface area contributed by atoms with E-state index in [1.165, 1.54) is 4.90 Å². The van der Waals surface area contributed by atoms with Gasteiger partial charge in [-0.25, -0.2) is 0 Å². The van der Waals surface area contributed by atoms with E-state index in [4.69, 9.17) is 0 Å². The Morgan fingerprint density at radius 3 is 2.23 bits per heavy atom. The summed E-state index contributed by atoms with van der Waals surface area (Å²) in [6.45, 7) is 3.84. The zero-order valence-electron chi connectivity index (χ0n) is 8.37. The van der Waals surface area contributed by atoms with Gasteiger partial charge in [0.05, 0.1) is 5.60 Å². The number of hydrogen-bond acceptors (Lipinski definition) is 2. The molecular formula is C11H16OS. The van der Waals surface area contributed by atoms with Crippen LogP contribution in [0.2, 0.25) is 0 Å². The van der Waals surface area contributed by atoms with E-state index >= 15 is 0 Å². The van der Waals surface area contributed by atoms with Gasteiger partial charge in [-0.3, -0.25) is 0 Å². The lowest BCUT2D eigenvalue weighted by Gasteiger charge is -2.21. The maximum atomic E-state index is 9.95. The third-order valence-corrected chi connectivity index (χ3v) is 3.14. The highest BCUT2D eigenvalue weighted by Gasteiger charge is 2.19. The van der Waals surface area contributed by atoms with Gasteiger partial charge in [0.25, 0.3) is 0 Å². The molecule has 0 radical (unpaired) electrons. The fourth-order valence-electron chi connectivity index (χ4n) is 1.15. The number of hydrogen-bond donors (Lipinski definition) is 1. The third-order valence-electron chi connectivity index (χ3n) is 2.40. The standard InChI is InChI=1S/C11H16OS/c1-4-11(2,12)9-5-7-10(13-3)8-6-9/h5-8,12H,4H2,1-3H3. The van der Waals surface area contributed by atoms with E-state index in [1.54, 1.807) is 11.8 Å². The first-order valence-corrected chi connectivity index (χ1v) is 5.69. The molecule has 0 aromatic heterocycles. The van der Waals surface area contributed by atoms with Gasteiger partial charge in [0, 0.05) is 4.90 Å². The summed E-state index contributed by atoms with van der Waals surface area (Å²) in [4.78, 5) is 1.23. The molecule has 0 amide bonds. The largest absolute Gasteiger partial charge is 0.385 e. The Hall–Kier alpha value is -0.470. The molecule has 13 heavy (non-hydrogen) atoms. The first-order valence-electron chi connectivity index (χ1n) is 4.47. The summed E-state index contributed by atoms with van der Waals surface area (Å²) >= 11 is 1.71. The predicted molar refractivity (Wildman–Crippen MR) is 58.1 cm³/mol. The first kappa shape index (κ1) is 10.6. The van der Waals surface area contributed by atoms with E-state index in [1.807, 2.05) is 44.4 Å². The van der Waals surface area contributed by atoms with E-state index in [0.717, 1.165) is 12.0 Å². The van der Waals surface area contributed by atoms with Crippen LogP contribution >= 0.6 is 11.8 Å². The molecule has 0 bridgehead atoms. The second-order valence-electron chi connectivity index (χ2n) is 3.36. The minimum absolute atomic E-state index is 0.684. The molecule has 2 heteroatoms. The lowest BCUT2D eigenvalue weighted by atomic mass is 9.94. The Morgan fingerprint density at radius 2 is 1.85 bits per heavy atom. The second kappa shape index (κ2) is 4.16. The van der Waals surface area contributed by atoms with Crippen molar-refractivity contribution in [1.29, 1.82) is 0 Å². The van der Waals surface area contributed by atoms with Crippen LogP contribution in [0.3, 0.4) is 0 Å². The van der Waals surface area contributed by atoms with Crippen molar-refractivity contribution >= 4 is 11.8 Å². The van der Waals surface area contributed by atoms with Crippen molar-refractivity contribution in [3.63, 3.8) is 0 Å². The molecule has 1 rings (SSSR count). The maximum absolute atomic E-state index is 9.95. The van der Waals surface area contributed by atoms with Crippen molar-refractivity contribution < 1.29 is 5.11 Å². The highest BCUT2D eigenvalue weighted by atomic mass is 32.2. The summed E-state index contributed by atoms with van der Waals surface area (Å²) in [5, 5.41) is 9.95. The maximum Gasteiger partial charge on any atom is 0.0865 e. The Bertz CT molecular complexity index is 264. The smallest absolute Gasteiger partial charge is 0.0865 e. The molecule has 0 fully saturated rings. The zero-order valence-corrected chi connectivity index (χ0v) is 9.19. The molecule has 0 aliphatic carbocycles. The quantitative estimate of drug-likeness (QED) is 0.750. The Balaban J connectivity index is 2.92. The fourth-order valence-corrected chi connectivity index (χ4v) is 1.56. The second-order valence-corrected chi connectivity index (χ2v) is 4.24. The fraction of sp³-hybridized carbons (Fsp3) is 0.455. The van der Waals surface area contributed by atoms with Crippen LogP contribution in [-0.4, -0.2) is 11.4 Å². The van der Waals surface area contributed by atoms with Crippen molar-refractivity contribution in [3.8, 4) is 0 Å². The van der Waals surface area contributed by atoms with Gasteiger partial charge in [-0.05, 0) is 37.3 Å². The summed E-state index contributed by atoms with van der Waals surface area (Å²) in [5.41, 5.74) is 0.310. The molecular weight excluding hydrogens is 180 g/mol. The number of aliphatic hydroxyl groups is 1. The summed E-state index contributed by atoms with van der Waals surface area (Å²) < 4.78 is 0. The van der Waals surface area contributed by atoms with Crippen LogP contribution < -0.4 is 0 Å². The van der Waals surface area contributed by atoms with E-state index < -0.39 is 5.60 Å². The van der Waals surface area contributed by atoms with Crippen LogP contribution in [0.4, 0.5) is 0 Å². The average Bonchev–Trinajstić information content (AvgIpc) is 2.18. The summed E-state index contributed by atoms with van der Waals surface area (Å²) in [7, 11) is 0. The van der Waals surface area contributed by atoms with Crippen LogP contribution in [0.5, 0.6) is 0 Å². The third kappa shape index (κ3) is 2.48. The molecule has 1 aromatic carbocycles. The molecule has 0 aliphatic heterocycles. The van der Waals surface area contributed by atoms with Gasteiger partial charge in [0.2, 0.25) is 0 Å². The Kier molecular flexibility index (Phi) is 3.40. The van der Waals surface area contributed by atoms with E-state index in [0.29, 0.717) is 0 Å². The van der Waals surface area contributed by atoms with Gasteiger partial charge >= 0.3 is 0 Å². The molecule has 72 valence electrons. The molecule has 0 aliphatic rings. The average molecular weight is 196 g/mol. The van der Waals surface area contributed by atoms with Crippen molar-refractivity contribution in [2.45, 2.75) is 30.8 Å². The van der Waals surface area contributed by atoms with E-state index in [-0.39, 0.29) is 0 Å². The highest BCUT2D eigenvalue weighted by molar-refractivity contribution is 7.98. The summed E-state index contributed by atoms with van der Waals surface area (Å²) in [5.74, 6) is 0. The van der Waals surface area contributed by atoms with Gasteiger partial charge in [-0.15, -0.1) is 11.8 Å². The van der Waals surface area contributed by atoms with Crippen molar-refractivity contribution in [2.75, 3.05) is 6.26 Å². The van der Waals surface area contributed by atoms with Crippen LogP contribution in [-0.2, 0) is 5.60 Å². The topological polar surface area (TPSA) is 20.2 Å². The molecule has 1 aromatic rings. The Labute approximate surface area is 84.2 Å². The number of thioether (sulfide) groups is 1. The molecule has 1 atom stereocenters. The highest BCUT2D eigenvalue weighted by Crippen LogP contribution is 2.25. The van der Waals surface area contributed by atoms with Crippen LogP contribution in [0.15, 0.2) is 29.2 Å². The SMILES string of the molecule is CCC(C)(O)c1ccc(SC)cc1. The molecule has 0 saturated carbocycles. The Morgan fingerprint density at radius 1 is 1.31 bits per heavy atom. The zero-order chi connectivity index (χ0) is 9.90. The lowest BCUT2D eigenvalue weighted by Crippen LogP contribution is -2.19. The van der Waals surface area contributed by atoms with Gasteiger partial charge in [0.15, 0.2) is 0 Å². The van der Waals surface area contributed by atoms with Crippen molar-refractivity contribution in [2.24, 2.45) is 0 Å². The van der Waals surface area contributed by atoms with E-state index in [2.05, 4.69) is 0 Å². The van der Waals surface area contributed by atoms with Gasteiger partial charge in [0.1, 0.15) is 0 Å². The molecule has 1 nitrogen and oxygen atoms in total. The predicted octanol–water partition coefficient (Wildman–Crippen LogP) is 3.03. The number of benzene rings is 1. The number of rotatable bonds is 3. The van der Waals surface area contributed by atoms with Crippen LogP contribution in [0.25, 0.3) is 0 Å². The first-order chi connectivity index (χ1) is 6.10. The molecule has 0 saturated heterocycles. The molecule has 1 unspecified atom stereocenters. The van der Waals surface area contributed by atoms with Gasteiger partial charge < -0.3 is 5.11 Å². The summed E-state index contributed by atoms with van der Waals surface area (Å²) in [6, 6.07) is 8.08. The monoisotopic (exact) mass is 196 g/mol. The van der Waals surface area contributed by atoms with Crippen LogP contribution in [0, 0.1) is 0 Å². The molecule has 1 N–H and O–H groups in total.